The summed E-state index contributed by atoms with van der Waals surface area (Å²) in [5.41, 5.74) is -0.609. The quantitative estimate of drug-likeness (QED) is 0.680. The highest BCUT2D eigenvalue weighted by Gasteiger charge is 2.35. The molecule has 1 N–H and O–H groups in total. The van der Waals surface area contributed by atoms with E-state index < -0.39 is 23.4 Å². The van der Waals surface area contributed by atoms with Gasteiger partial charge in [-0.25, -0.2) is 9.59 Å². The third kappa shape index (κ3) is 5.46. The van der Waals surface area contributed by atoms with Gasteiger partial charge in [0.05, 0.1) is 30.4 Å². The number of carbonyl (C=O) groups excluding carboxylic acids is 3. The standard InChI is InChI=1S/C20H24N2O6/c1-3-26-18(24)14-9-15(19(25)27-4-2)11-16(10-14)28-12-17(23)22-20(13-21)7-5-6-8-20/h9-11H,3-8,12H2,1-2H3,(H,22,23). The Labute approximate surface area is 163 Å². The van der Waals surface area contributed by atoms with Gasteiger partial charge in [0.1, 0.15) is 11.3 Å². The summed E-state index contributed by atoms with van der Waals surface area (Å²) in [5, 5.41) is 12.1. The maximum absolute atomic E-state index is 12.2. The first kappa shape index (κ1) is 21.2. The fourth-order valence-electron chi connectivity index (χ4n) is 3.04. The van der Waals surface area contributed by atoms with Crippen molar-refractivity contribution >= 4 is 17.8 Å². The lowest BCUT2D eigenvalue weighted by Gasteiger charge is -2.22. The summed E-state index contributed by atoms with van der Waals surface area (Å²) in [4.78, 5) is 36.3. The molecular formula is C20H24N2O6. The topological polar surface area (TPSA) is 115 Å². The Hall–Kier alpha value is -3.08. The van der Waals surface area contributed by atoms with Gasteiger partial charge in [0.2, 0.25) is 0 Å². The first-order valence-corrected chi connectivity index (χ1v) is 9.27. The summed E-state index contributed by atoms with van der Waals surface area (Å²) in [7, 11) is 0. The molecule has 0 atom stereocenters. The van der Waals surface area contributed by atoms with Gasteiger partial charge in [0.15, 0.2) is 6.61 Å². The number of hydrogen-bond acceptors (Lipinski definition) is 7. The average Bonchev–Trinajstić information content (AvgIpc) is 3.15. The fraction of sp³-hybridized carbons (Fsp3) is 0.500. The van der Waals surface area contributed by atoms with Crippen molar-refractivity contribution in [2.75, 3.05) is 19.8 Å². The molecular weight excluding hydrogens is 364 g/mol. The average molecular weight is 388 g/mol. The van der Waals surface area contributed by atoms with Crippen LogP contribution in [0, 0.1) is 11.3 Å². The Kier molecular flexibility index (Phi) is 7.38. The van der Waals surface area contributed by atoms with Crippen LogP contribution in [0.5, 0.6) is 5.75 Å². The minimum absolute atomic E-state index is 0.118. The number of ether oxygens (including phenoxy) is 3. The first-order chi connectivity index (χ1) is 13.4. The second kappa shape index (κ2) is 9.74. The number of amides is 1. The number of nitrogens with one attached hydrogen (secondary N) is 1. The van der Waals surface area contributed by atoms with Crippen LogP contribution in [-0.2, 0) is 14.3 Å². The van der Waals surface area contributed by atoms with Crippen molar-refractivity contribution in [2.45, 2.75) is 45.1 Å². The number of nitrogens with zero attached hydrogens (tertiary/aromatic N) is 1. The van der Waals surface area contributed by atoms with Crippen molar-refractivity contribution in [2.24, 2.45) is 0 Å². The lowest BCUT2D eigenvalue weighted by molar-refractivity contribution is -0.124. The van der Waals surface area contributed by atoms with Crippen LogP contribution in [-0.4, -0.2) is 43.2 Å². The molecule has 1 amide bonds. The van der Waals surface area contributed by atoms with E-state index >= 15 is 0 Å². The summed E-state index contributed by atoms with van der Waals surface area (Å²) in [6.45, 7) is 3.35. The number of rotatable bonds is 8. The van der Waals surface area contributed by atoms with E-state index in [9.17, 15) is 19.6 Å². The zero-order chi connectivity index (χ0) is 20.6. The van der Waals surface area contributed by atoms with Crippen LogP contribution >= 0.6 is 0 Å². The molecule has 0 unspecified atom stereocenters. The van der Waals surface area contributed by atoms with E-state index in [4.69, 9.17) is 14.2 Å². The Balaban J connectivity index is 2.12. The van der Waals surface area contributed by atoms with Crippen LogP contribution in [0.15, 0.2) is 18.2 Å². The monoisotopic (exact) mass is 388 g/mol. The molecule has 150 valence electrons. The Morgan fingerprint density at radius 3 is 2.04 bits per heavy atom. The third-order valence-electron chi connectivity index (χ3n) is 4.35. The highest BCUT2D eigenvalue weighted by Crippen LogP contribution is 2.28. The van der Waals surface area contributed by atoms with Crippen LogP contribution in [0.3, 0.4) is 0 Å². The van der Waals surface area contributed by atoms with Crippen molar-refractivity contribution in [3.05, 3.63) is 29.3 Å². The second-order valence-electron chi connectivity index (χ2n) is 6.42. The van der Waals surface area contributed by atoms with Gasteiger partial charge in [-0.2, -0.15) is 5.26 Å². The fourth-order valence-corrected chi connectivity index (χ4v) is 3.04. The van der Waals surface area contributed by atoms with Crippen LogP contribution in [0.4, 0.5) is 0 Å². The van der Waals surface area contributed by atoms with Crippen molar-refractivity contribution in [3.8, 4) is 11.8 Å². The van der Waals surface area contributed by atoms with Gasteiger partial charge in [-0.3, -0.25) is 4.79 Å². The van der Waals surface area contributed by atoms with Gasteiger partial charge in [0.25, 0.3) is 5.91 Å². The normalized spacial score (nSPS) is 14.6. The van der Waals surface area contributed by atoms with Crippen LogP contribution < -0.4 is 10.1 Å². The van der Waals surface area contributed by atoms with Crippen molar-refractivity contribution in [1.82, 2.24) is 5.32 Å². The molecule has 0 radical (unpaired) electrons. The van der Waals surface area contributed by atoms with Crippen molar-refractivity contribution < 1.29 is 28.6 Å². The summed E-state index contributed by atoms with van der Waals surface area (Å²) in [6, 6.07) is 6.31. The summed E-state index contributed by atoms with van der Waals surface area (Å²) in [6.07, 6.45) is 3.00. The molecule has 0 spiro atoms. The van der Waals surface area contributed by atoms with Gasteiger partial charge < -0.3 is 19.5 Å². The Morgan fingerprint density at radius 1 is 1.04 bits per heavy atom. The largest absolute Gasteiger partial charge is 0.484 e. The SMILES string of the molecule is CCOC(=O)c1cc(OCC(=O)NC2(C#N)CCCC2)cc(C(=O)OCC)c1. The van der Waals surface area contributed by atoms with E-state index in [2.05, 4.69) is 11.4 Å². The van der Waals surface area contributed by atoms with E-state index in [-0.39, 0.29) is 36.7 Å². The molecule has 2 rings (SSSR count). The van der Waals surface area contributed by atoms with Crippen molar-refractivity contribution in [1.29, 1.82) is 5.26 Å². The second-order valence-corrected chi connectivity index (χ2v) is 6.42. The molecule has 1 fully saturated rings. The van der Waals surface area contributed by atoms with E-state index in [1.54, 1.807) is 13.8 Å². The molecule has 0 heterocycles. The molecule has 0 aromatic heterocycles. The molecule has 28 heavy (non-hydrogen) atoms. The van der Waals surface area contributed by atoms with Gasteiger partial charge >= 0.3 is 11.9 Å². The van der Waals surface area contributed by atoms with E-state index in [1.807, 2.05) is 0 Å². The summed E-state index contributed by atoms with van der Waals surface area (Å²) < 4.78 is 15.4. The molecule has 0 saturated heterocycles. The molecule has 8 heteroatoms. The third-order valence-corrected chi connectivity index (χ3v) is 4.35. The van der Waals surface area contributed by atoms with Gasteiger partial charge in [0, 0.05) is 0 Å². The van der Waals surface area contributed by atoms with Crippen LogP contribution in [0.2, 0.25) is 0 Å². The van der Waals surface area contributed by atoms with Crippen LogP contribution in [0.1, 0.15) is 60.2 Å². The van der Waals surface area contributed by atoms with Gasteiger partial charge in [-0.15, -0.1) is 0 Å². The molecule has 1 saturated carbocycles. The van der Waals surface area contributed by atoms with Gasteiger partial charge in [-0.1, -0.05) is 0 Å². The predicted octanol–water partition coefficient (Wildman–Crippen LogP) is 2.37. The maximum atomic E-state index is 12.2. The number of nitriles is 1. The highest BCUT2D eigenvalue weighted by molar-refractivity contribution is 5.96. The Bertz CT molecular complexity index is 741. The molecule has 1 aromatic carbocycles. The van der Waals surface area contributed by atoms with E-state index in [0.29, 0.717) is 12.8 Å². The summed E-state index contributed by atoms with van der Waals surface area (Å²) in [5.74, 6) is -1.52. The first-order valence-electron chi connectivity index (χ1n) is 9.27. The minimum atomic E-state index is -0.844. The van der Waals surface area contributed by atoms with E-state index in [0.717, 1.165) is 12.8 Å². The maximum Gasteiger partial charge on any atom is 0.338 e. The number of benzene rings is 1. The molecule has 8 nitrogen and oxygen atoms in total. The number of carbonyl (C=O) groups is 3. The minimum Gasteiger partial charge on any atom is -0.484 e. The lowest BCUT2D eigenvalue weighted by atomic mass is 10.00. The molecule has 1 aliphatic rings. The molecule has 1 aromatic rings. The number of esters is 2. The predicted molar refractivity (Wildman–Crippen MR) is 98.8 cm³/mol. The Morgan fingerprint density at radius 2 is 1.57 bits per heavy atom. The zero-order valence-corrected chi connectivity index (χ0v) is 16.1. The van der Waals surface area contributed by atoms with E-state index in [1.165, 1.54) is 18.2 Å². The lowest BCUT2D eigenvalue weighted by Crippen LogP contribution is -2.47. The highest BCUT2D eigenvalue weighted by atomic mass is 16.5. The number of hydrogen-bond donors (Lipinski definition) is 1. The molecule has 0 bridgehead atoms. The smallest absolute Gasteiger partial charge is 0.338 e. The zero-order valence-electron chi connectivity index (χ0n) is 16.1. The molecule has 1 aliphatic carbocycles. The van der Waals surface area contributed by atoms with Crippen LogP contribution in [0.25, 0.3) is 0 Å². The molecule has 0 aliphatic heterocycles. The van der Waals surface area contributed by atoms with Crippen molar-refractivity contribution in [3.63, 3.8) is 0 Å². The summed E-state index contributed by atoms with van der Waals surface area (Å²) >= 11 is 0. The van der Waals surface area contributed by atoms with Gasteiger partial charge in [-0.05, 0) is 57.7 Å².